The summed E-state index contributed by atoms with van der Waals surface area (Å²) in [6.07, 6.45) is -4.48. The molecular weight excluding hydrogens is 355 g/mol. The second-order valence-electron chi connectivity index (χ2n) is 5.76. The van der Waals surface area contributed by atoms with Crippen molar-refractivity contribution in [2.45, 2.75) is 55.5 Å². The molecular formula is C13H20F3NO6S. The molecule has 0 aromatic rings. The minimum atomic E-state index is -5.99. The molecule has 1 amide bonds. The molecule has 0 aliphatic heterocycles. The summed E-state index contributed by atoms with van der Waals surface area (Å²) >= 11 is 0. The number of carbonyl (C=O) groups excluding carboxylic acids is 2. The highest BCUT2D eigenvalue weighted by molar-refractivity contribution is 7.88. The Balaban J connectivity index is 3.39. The third-order valence-corrected chi connectivity index (χ3v) is 5.74. The number of halogens is 3. The third kappa shape index (κ3) is 3.82. The summed E-state index contributed by atoms with van der Waals surface area (Å²) < 4.78 is 72.8. The molecule has 0 aromatic heterocycles. The number of nitrogens with zero attached hydrogens (tertiary/aromatic N) is 1. The van der Waals surface area contributed by atoms with Crippen LogP contribution in [0.4, 0.5) is 13.2 Å². The molecule has 0 spiro atoms. The zero-order valence-corrected chi connectivity index (χ0v) is 14.1. The van der Waals surface area contributed by atoms with E-state index >= 15 is 0 Å². The summed E-state index contributed by atoms with van der Waals surface area (Å²) in [6.45, 7) is 0. The second-order valence-corrected chi connectivity index (χ2v) is 7.41. The van der Waals surface area contributed by atoms with Crippen molar-refractivity contribution in [2.75, 3.05) is 14.2 Å². The molecule has 24 heavy (non-hydrogen) atoms. The first-order valence-corrected chi connectivity index (χ1v) is 8.70. The number of methoxy groups -OCH3 is 1. The Morgan fingerprint density at radius 2 is 1.71 bits per heavy atom. The van der Waals surface area contributed by atoms with Crippen LogP contribution in [0.1, 0.15) is 38.5 Å². The van der Waals surface area contributed by atoms with E-state index < -0.39 is 45.4 Å². The monoisotopic (exact) mass is 375 g/mol. The Hall–Kier alpha value is -1.36. The van der Waals surface area contributed by atoms with Crippen molar-refractivity contribution in [3.63, 3.8) is 0 Å². The van der Waals surface area contributed by atoms with Crippen molar-refractivity contribution >= 4 is 22.0 Å². The number of ether oxygens (including phenoxy) is 1. The van der Waals surface area contributed by atoms with E-state index in [-0.39, 0.29) is 0 Å². The van der Waals surface area contributed by atoms with Crippen molar-refractivity contribution in [2.24, 2.45) is 0 Å². The first kappa shape index (κ1) is 20.7. The molecule has 1 saturated carbocycles. The van der Waals surface area contributed by atoms with E-state index in [2.05, 4.69) is 4.74 Å². The van der Waals surface area contributed by atoms with E-state index in [9.17, 15) is 35.7 Å². The fourth-order valence-electron chi connectivity index (χ4n) is 2.84. The highest BCUT2D eigenvalue weighted by Crippen LogP contribution is 2.42. The van der Waals surface area contributed by atoms with Crippen LogP contribution in [0.2, 0.25) is 0 Å². The lowest BCUT2D eigenvalue weighted by Crippen LogP contribution is -2.64. The van der Waals surface area contributed by atoms with Gasteiger partial charge < -0.3 is 9.64 Å². The van der Waals surface area contributed by atoms with E-state index in [1.165, 1.54) is 0 Å². The molecule has 1 fully saturated rings. The van der Waals surface area contributed by atoms with E-state index in [1.807, 2.05) is 0 Å². The largest absolute Gasteiger partial charge is 0.469 e. The average molecular weight is 375 g/mol. The molecule has 0 bridgehead atoms. The maximum absolute atomic E-state index is 13.6. The van der Waals surface area contributed by atoms with Gasteiger partial charge in [-0.25, -0.2) is 0 Å². The van der Waals surface area contributed by atoms with Gasteiger partial charge >= 0.3 is 12.1 Å². The third-order valence-electron chi connectivity index (χ3n) is 4.31. The van der Waals surface area contributed by atoms with Gasteiger partial charge in [0.2, 0.25) is 0 Å². The lowest BCUT2D eigenvalue weighted by Gasteiger charge is -2.38. The number of amides is 1. The normalized spacial score (nSPS) is 19.4. The molecule has 1 aliphatic carbocycles. The molecule has 7 nitrogen and oxygen atoms in total. The van der Waals surface area contributed by atoms with Crippen LogP contribution >= 0.6 is 0 Å². The summed E-state index contributed by atoms with van der Waals surface area (Å²) in [6, 6.07) is -0.590. The number of alkyl halides is 3. The Bertz CT molecular complexity index is 585. The number of rotatable bonds is 5. The van der Waals surface area contributed by atoms with Crippen LogP contribution in [0.15, 0.2) is 0 Å². The van der Waals surface area contributed by atoms with Gasteiger partial charge in [0.05, 0.1) is 13.5 Å². The van der Waals surface area contributed by atoms with Gasteiger partial charge in [-0.05, 0) is 12.8 Å². The first-order chi connectivity index (χ1) is 10.9. The minimum absolute atomic E-state index is 0.417. The van der Waals surface area contributed by atoms with E-state index in [4.69, 9.17) is 0 Å². The first-order valence-electron chi connectivity index (χ1n) is 7.26. The molecule has 11 heteroatoms. The molecule has 0 heterocycles. The van der Waals surface area contributed by atoms with Gasteiger partial charge in [0, 0.05) is 13.1 Å². The van der Waals surface area contributed by atoms with Crippen molar-refractivity contribution in [3.8, 4) is 0 Å². The van der Waals surface area contributed by atoms with Crippen molar-refractivity contribution < 1.29 is 40.5 Å². The maximum Gasteiger partial charge on any atom is 0.420 e. The molecule has 1 aliphatic rings. The summed E-state index contributed by atoms with van der Waals surface area (Å²) in [5.41, 5.74) is 0. The Morgan fingerprint density at radius 1 is 1.21 bits per heavy atom. The van der Waals surface area contributed by atoms with Crippen molar-refractivity contribution in [1.82, 2.24) is 4.90 Å². The lowest BCUT2D eigenvalue weighted by molar-refractivity contribution is -0.187. The number of hydrogen-bond donors (Lipinski definition) is 1. The van der Waals surface area contributed by atoms with Crippen LogP contribution < -0.4 is 0 Å². The van der Waals surface area contributed by atoms with Crippen LogP contribution in [-0.4, -0.2) is 60.9 Å². The van der Waals surface area contributed by atoms with Gasteiger partial charge in [0.1, 0.15) is 0 Å². The highest BCUT2D eigenvalue weighted by Gasteiger charge is 2.71. The van der Waals surface area contributed by atoms with Gasteiger partial charge in [0.15, 0.2) is 0 Å². The topological polar surface area (TPSA) is 101 Å². The molecule has 1 N–H and O–H groups in total. The predicted molar refractivity (Wildman–Crippen MR) is 76.6 cm³/mol. The molecule has 1 unspecified atom stereocenters. The summed E-state index contributed by atoms with van der Waals surface area (Å²) in [4.78, 5) is 24.5. The zero-order chi connectivity index (χ0) is 18.8. The standard InChI is InChI=1S/C13H20F3NO6S/c1-17(9-6-4-3-5-7-9)11(19)12(13(14,15)16,24(20,21)22)8-10(18)23-2/h9H,3-8H2,1-2H3,(H,20,21,22). The van der Waals surface area contributed by atoms with E-state index in [0.29, 0.717) is 30.6 Å². The molecule has 1 rings (SSSR count). The smallest absolute Gasteiger partial charge is 0.420 e. The molecule has 0 aromatic carbocycles. The Morgan fingerprint density at radius 3 is 2.08 bits per heavy atom. The second kappa shape index (κ2) is 7.26. The quantitative estimate of drug-likeness (QED) is 0.578. The van der Waals surface area contributed by atoms with E-state index in [0.717, 1.165) is 20.6 Å². The molecule has 0 saturated heterocycles. The Kier molecular flexibility index (Phi) is 6.26. The Labute approximate surface area is 137 Å². The van der Waals surface area contributed by atoms with Crippen molar-refractivity contribution in [1.29, 1.82) is 0 Å². The van der Waals surface area contributed by atoms with Crippen LogP contribution in [0.5, 0.6) is 0 Å². The molecule has 140 valence electrons. The minimum Gasteiger partial charge on any atom is -0.469 e. The number of hydrogen-bond acceptors (Lipinski definition) is 5. The van der Waals surface area contributed by atoms with Crippen LogP contribution in [0, 0.1) is 0 Å². The SMILES string of the molecule is COC(=O)CC(C(=O)N(C)C1CCCCC1)(C(F)(F)F)S(=O)(=O)O. The van der Waals surface area contributed by atoms with Crippen LogP contribution in [0.25, 0.3) is 0 Å². The van der Waals surface area contributed by atoms with Gasteiger partial charge in [-0.1, -0.05) is 19.3 Å². The summed E-state index contributed by atoms with van der Waals surface area (Å²) in [7, 11) is -4.19. The fraction of sp³-hybridized carbons (Fsp3) is 0.846. The summed E-state index contributed by atoms with van der Waals surface area (Å²) in [5, 5.41) is 0. The van der Waals surface area contributed by atoms with Gasteiger partial charge in [-0.3, -0.25) is 14.1 Å². The number of esters is 1. The lowest BCUT2D eigenvalue weighted by atomic mass is 9.92. The molecule has 0 radical (unpaired) electrons. The fourth-order valence-corrected chi connectivity index (χ4v) is 3.80. The predicted octanol–water partition coefficient (Wildman–Crippen LogP) is 1.53. The van der Waals surface area contributed by atoms with Crippen LogP contribution in [-0.2, 0) is 24.4 Å². The van der Waals surface area contributed by atoms with Gasteiger partial charge in [-0.15, -0.1) is 0 Å². The highest BCUT2D eigenvalue weighted by atomic mass is 32.2. The summed E-state index contributed by atoms with van der Waals surface area (Å²) in [5.74, 6) is -3.45. The number of carbonyl (C=O) groups is 2. The van der Waals surface area contributed by atoms with Crippen LogP contribution in [0.3, 0.4) is 0 Å². The average Bonchev–Trinajstić information content (AvgIpc) is 2.49. The maximum atomic E-state index is 13.6. The zero-order valence-electron chi connectivity index (χ0n) is 13.3. The van der Waals surface area contributed by atoms with E-state index in [1.54, 1.807) is 0 Å². The van der Waals surface area contributed by atoms with Gasteiger partial charge in [-0.2, -0.15) is 21.6 Å². The molecule has 1 atom stereocenters. The van der Waals surface area contributed by atoms with Crippen molar-refractivity contribution in [3.05, 3.63) is 0 Å². The van der Waals surface area contributed by atoms with Gasteiger partial charge in [0.25, 0.3) is 20.8 Å².